The van der Waals surface area contributed by atoms with Gasteiger partial charge in [0.05, 0.1) is 28.2 Å². The van der Waals surface area contributed by atoms with E-state index in [2.05, 4.69) is 6.58 Å². The molecule has 0 fully saturated rings. The molecule has 0 N–H and O–H groups in total. The van der Waals surface area contributed by atoms with E-state index in [9.17, 15) is 16.8 Å². The van der Waals surface area contributed by atoms with Crippen LogP contribution in [0.15, 0.2) is 71.1 Å². The molecular weight excluding hydrogens is 424 g/mol. The zero-order valence-corrected chi connectivity index (χ0v) is 17.9. The second-order valence-electron chi connectivity index (χ2n) is 6.81. The lowest BCUT2D eigenvalue weighted by molar-refractivity contribution is 0.281. The van der Waals surface area contributed by atoms with Gasteiger partial charge < -0.3 is 9.64 Å². The summed E-state index contributed by atoms with van der Waals surface area (Å²) in [5.74, 6) is -0.254. The van der Waals surface area contributed by atoms with Crippen LogP contribution in [-0.2, 0) is 19.7 Å². The van der Waals surface area contributed by atoms with Gasteiger partial charge in [-0.25, -0.2) is 16.8 Å². The van der Waals surface area contributed by atoms with Crippen LogP contribution < -0.4 is 4.74 Å². The Labute approximate surface area is 177 Å². The quantitative estimate of drug-likeness (QED) is 0.431. The Bertz CT molecular complexity index is 1170. The molecule has 0 saturated carbocycles. The first kappa shape index (κ1) is 21.9. The Kier molecular flexibility index (Phi) is 6.48. The third-order valence-electron chi connectivity index (χ3n) is 4.88. The lowest BCUT2D eigenvalue weighted by Gasteiger charge is -2.18. The summed E-state index contributed by atoms with van der Waals surface area (Å²) >= 11 is 0. The zero-order valence-electron chi connectivity index (χ0n) is 16.3. The Balaban J connectivity index is 1.88. The zero-order chi connectivity index (χ0) is 21.8. The number of ether oxygens (including phenoxy) is 1. The number of nitrogens with zero attached hydrogens (tertiary/aromatic N) is 2. The number of hydrogen-bond acceptors (Lipinski definition) is 7. The summed E-state index contributed by atoms with van der Waals surface area (Å²) in [6.45, 7) is 4.63. The predicted octanol–water partition coefficient (Wildman–Crippen LogP) is 2.73. The molecule has 0 aliphatic carbocycles. The first-order valence-corrected chi connectivity index (χ1v) is 12.5. The smallest absolute Gasteiger partial charge is 0.186 e. The molecule has 0 saturated heterocycles. The van der Waals surface area contributed by atoms with Crippen LogP contribution in [0, 0.1) is 11.3 Å². The highest BCUT2D eigenvalue weighted by atomic mass is 32.2. The summed E-state index contributed by atoms with van der Waals surface area (Å²) in [6, 6.07) is 14.4. The fourth-order valence-electron chi connectivity index (χ4n) is 3.41. The third kappa shape index (κ3) is 4.35. The van der Waals surface area contributed by atoms with Gasteiger partial charge in [0, 0.05) is 12.1 Å². The van der Waals surface area contributed by atoms with E-state index in [0.717, 1.165) is 0 Å². The van der Waals surface area contributed by atoms with E-state index in [1.165, 1.54) is 18.2 Å². The SMILES string of the molecule is C=CN(CC#N)CCCOc1cccc2c1C(S(=O)(=O)c1ccccc1)CS2(=O)=O. The van der Waals surface area contributed by atoms with Crippen LogP contribution in [0.25, 0.3) is 0 Å². The van der Waals surface area contributed by atoms with Gasteiger partial charge in [-0.1, -0.05) is 30.8 Å². The summed E-state index contributed by atoms with van der Waals surface area (Å²) in [7, 11) is -7.66. The van der Waals surface area contributed by atoms with Gasteiger partial charge >= 0.3 is 0 Å². The van der Waals surface area contributed by atoms with Crippen molar-refractivity contribution in [3.05, 3.63) is 66.9 Å². The van der Waals surface area contributed by atoms with Crippen molar-refractivity contribution in [2.75, 3.05) is 25.4 Å². The normalized spacial score (nSPS) is 17.0. The van der Waals surface area contributed by atoms with Crippen LogP contribution in [0.1, 0.15) is 17.2 Å². The second kappa shape index (κ2) is 8.90. The number of fused-ring (bicyclic) bond motifs is 1. The summed E-state index contributed by atoms with van der Waals surface area (Å²) in [4.78, 5) is 1.80. The molecule has 1 aliphatic heterocycles. The van der Waals surface area contributed by atoms with Crippen molar-refractivity contribution in [2.45, 2.75) is 21.5 Å². The minimum atomic E-state index is -3.92. The van der Waals surface area contributed by atoms with Crippen LogP contribution in [0.3, 0.4) is 0 Å². The largest absolute Gasteiger partial charge is 0.493 e. The van der Waals surface area contributed by atoms with Crippen LogP contribution in [0.4, 0.5) is 0 Å². The highest BCUT2D eigenvalue weighted by Gasteiger charge is 2.45. The first-order valence-electron chi connectivity index (χ1n) is 9.32. The molecule has 2 aromatic rings. The Morgan fingerprint density at radius 2 is 1.93 bits per heavy atom. The van der Waals surface area contributed by atoms with Crippen molar-refractivity contribution in [1.82, 2.24) is 4.90 Å². The molecule has 3 rings (SSSR count). The maximum Gasteiger partial charge on any atom is 0.186 e. The Morgan fingerprint density at radius 1 is 1.20 bits per heavy atom. The molecule has 1 heterocycles. The van der Waals surface area contributed by atoms with Crippen LogP contribution in [0.5, 0.6) is 5.75 Å². The topological polar surface area (TPSA) is 105 Å². The van der Waals surface area contributed by atoms with Crippen molar-refractivity contribution in [2.24, 2.45) is 0 Å². The molecule has 0 amide bonds. The molecule has 2 aromatic carbocycles. The average Bonchev–Trinajstić information content (AvgIpc) is 3.03. The number of nitriles is 1. The lowest BCUT2D eigenvalue weighted by Crippen LogP contribution is -2.20. The molecule has 1 atom stereocenters. The number of hydrogen-bond donors (Lipinski definition) is 0. The van der Waals surface area contributed by atoms with Gasteiger partial charge in [0.1, 0.15) is 17.5 Å². The average molecular weight is 447 g/mol. The maximum absolute atomic E-state index is 13.2. The van der Waals surface area contributed by atoms with E-state index >= 15 is 0 Å². The summed E-state index contributed by atoms with van der Waals surface area (Å²) in [6.07, 6.45) is 2.12. The molecule has 0 spiro atoms. The van der Waals surface area contributed by atoms with Gasteiger partial charge in [0.25, 0.3) is 0 Å². The van der Waals surface area contributed by atoms with Gasteiger partial charge in [-0.15, -0.1) is 0 Å². The van der Waals surface area contributed by atoms with E-state index in [0.29, 0.717) is 13.0 Å². The van der Waals surface area contributed by atoms with E-state index in [1.54, 1.807) is 41.4 Å². The number of benzene rings is 2. The van der Waals surface area contributed by atoms with Gasteiger partial charge in [-0.2, -0.15) is 5.26 Å². The van der Waals surface area contributed by atoms with Gasteiger partial charge in [-0.05, 0) is 36.9 Å². The minimum Gasteiger partial charge on any atom is -0.493 e. The number of sulfone groups is 2. The van der Waals surface area contributed by atoms with E-state index in [4.69, 9.17) is 10.00 Å². The fourth-order valence-corrected chi connectivity index (χ4v) is 7.76. The van der Waals surface area contributed by atoms with Crippen molar-refractivity contribution in [3.8, 4) is 11.8 Å². The highest BCUT2D eigenvalue weighted by molar-refractivity contribution is 7.96. The number of rotatable bonds is 9. The molecule has 30 heavy (non-hydrogen) atoms. The molecule has 9 heteroatoms. The molecular formula is C21H22N2O5S2. The summed E-state index contributed by atoms with van der Waals surface area (Å²) < 4.78 is 57.5. The van der Waals surface area contributed by atoms with Crippen molar-refractivity contribution in [1.29, 1.82) is 5.26 Å². The summed E-state index contributed by atoms with van der Waals surface area (Å²) in [5.41, 5.74) is 0.193. The molecule has 0 radical (unpaired) electrons. The lowest BCUT2D eigenvalue weighted by atomic mass is 10.1. The third-order valence-corrected chi connectivity index (χ3v) is 8.97. The van der Waals surface area contributed by atoms with E-state index in [-0.39, 0.29) is 34.3 Å². The van der Waals surface area contributed by atoms with Gasteiger partial charge in [0.2, 0.25) is 0 Å². The minimum absolute atomic E-state index is 0.00158. The first-order chi connectivity index (χ1) is 14.3. The van der Waals surface area contributed by atoms with Crippen molar-refractivity contribution >= 4 is 19.7 Å². The molecule has 1 unspecified atom stereocenters. The molecule has 7 nitrogen and oxygen atoms in total. The molecule has 1 aliphatic rings. The van der Waals surface area contributed by atoms with E-state index < -0.39 is 30.7 Å². The Morgan fingerprint density at radius 3 is 2.60 bits per heavy atom. The van der Waals surface area contributed by atoms with Gasteiger partial charge in [-0.3, -0.25) is 0 Å². The highest BCUT2D eigenvalue weighted by Crippen LogP contribution is 2.45. The van der Waals surface area contributed by atoms with Crippen molar-refractivity contribution < 1.29 is 21.6 Å². The molecule has 158 valence electrons. The molecule has 0 aromatic heterocycles. The fraction of sp³-hybridized carbons (Fsp3) is 0.286. The Hall–Kier alpha value is -2.83. The maximum atomic E-state index is 13.2. The van der Waals surface area contributed by atoms with Crippen molar-refractivity contribution in [3.63, 3.8) is 0 Å². The standard InChI is InChI=1S/C21H22N2O5S2/c1-2-23(14-12-22)13-7-15-28-18-10-6-11-19-21(18)20(16-29(19,24)25)30(26,27)17-8-4-3-5-9-17/h2-6,8-11,20H,1,7,13-16H2. The predicted molar refractivity (Wildman–Crippen MR) is 112 cm³/mol. The molecule has 0 bridgehead atoms. The van der Waals surface area contributed by atoms with Gasteiger partial charge in [0.15, 0.2) is 19.7 Å². The van der Waals surface area contributed by atoms with Crippen LogP contribution in [0.2, 0.25) is 0 Å². The van der Waals surface area contributed by atoms with Crippen LogP contribution in [-0.4, -0.2) is 47.2 Å². The monoisotopic (exact) mass is 446 g/mol. The van der Waals surface area contributed by atoms with Crippen LogP contribution >= 0.6 is 0 Å². The van der Waals surface area contributed by atoms with E-state index in [1.807, 2.05) is 6.07 Å². The summed E-state index contributed by atoms with van der Waals surface area (Å²) in [5, 5.41) is 7.55. The second-order valence-corrected chi connectivity index (χ2v) is 10.9.